The monoisotopic (exact) mass is 668 g/mol. The number of thiophene rings is 3. The van der Waals surface area contributed by atoms with Gasteiger partial charge in [0.2, 0.25) is 0 Å². The summed E-state index contributed by atoms with van der Waals surface area (Å²) >= 11 is 4.32. The van der Waals surface area contributed by atoms with Gasteiger partial charge in [0.15, 0.2) is 0 Å². The van der Waals surface area contributed by atoms with Crippen LogP contribution in [0.1, 0.15) is 49.3 Å². The lowest BCUT2D eigenvalue weighted by atomic mass is 10.1. The average molecular weight is 669 g/mol. The third-order valence-corrected chi connectivity index (χ3v) is 11.5. The molecule has 0 radical (unpaired) electrons. The number of benzene rings is 2. The highest BCUT2D eigenvalue weighted by Gasteiger charge is 2.25. The number of halogens is 2. The number of ether oxygens (including phenoxy) is 4. The summed E-state index contributed by atoms with van der Waals surface area (Å²) < 4.78 is 54.0. The van der Waals surface area contributed by atoms with Gasteiger partial charge in [0.05, 0.1) is 49.3 Å². The lowest BCUT2D eigenvalue weighted by molar-refractivity contribution is 0.396. The summed E-state index contributed by atoms with van der Waals surface area (Å²) in [4.78, 5) is 4.50. The standard InChI is InChI=1S/C36H38F2O4S3/c1-8-9-10-11-12-22-17-29(30-18-23(37)35(44-30)32-25(39-4)13-20(2)14-26(32)40-5)43-34(22)31-19-24(38)36(45-31)33-27(41-6)15-21(3)16-28(33)42-7/h13-19H,8-12H2,1-7H3. The Morgan fingerprint density at radius 3 is 1.42 bits per heavy atom. The number of rotatable bonds is 13. The van der Waals surface area contributed by atoms with Crippen LogP contribution < -0.4 is 18.9 Å². The maximum absolute atomic E-state index is 15.8. The minimum Gasteiger partial charge on any atom is -0.496 e. The highest BCUT2D eigenvalue weighted by atomic mass is 32.1. The topological polar surface area (TPSA) is 36.9 Å². The van der Waals surface area contributed by atoms with E-state index in [1.807, 2.05) is 38.1 Å². The second kappa shape index (κ2) is 14.4. The molecular formula is C36H38F2O4S3. The van der Waals surface area contributed by atoms with Gasteiger partial charge < -0.3 is 18.9 Å². The van der Waals surface area contributed by atoms with E-state index in [0.29, 0.717) is 43.9 Å². The Bertz CT molecular complexity index is 1750. The van der Waals surface area contributed by atoms with E-state index in [1.54, 1.807) is 51.9 Å². The molecule has 0 N–H and O–H groups in total. The van der Waals surface area contributed by atoms with Crippen LogP contribution in [0.15, 0.2) is 42.5 Å². The molecule has 5 aromatic rings. The molecule has 9 heteroatoms. The average Bonchev–Trinajstić information content (AvgIpc) is 3.74. The largest absolute Gasteiger partial charge is 0.496 e. The van der Waals surface area contributed by atoms with Crippen LogP contribution in [0.5, 0.6) is 23.0 Å². The van der Waals surface area contributed by atoms with E-state index < -0.39 is 0 Å². The second-order valence-electron chi connectivity index (χ2n) is 10.9. The zero-order valence-electron chi connectivity index (χ0n) is 26.7. The zero-order valence-corrected chi connectivity index (χ0v) is 29.1. The van der Waals surface area contributed by atoms with E-state index in [1.165, 1.54) is 22.7 Å². The summed E-state index contributed by atoms with van der Waals surface area (Å²) in [5, 5.41) is 0. The molecule has 3 heterocycles. The molecule has 0 aliphatic carbocycles. The van der Waals surface area contributed by atoms with Gasteiger partial charge in [-0.15, -0.1) is 34.0 Å². The van der Waals surface area contributed by atoms with Crippen LogP contribution in [0.25, 0.3) is 40.4 Å². The van der Waals surface area contributed by atoms with Crippen LogP contribution >= 0.6 is 34.0 Å². The molecule has 238 valence electrons. The van der Waals surface area contributed by atoms with Crippen LogP contribution in [0.2, 0.25) is 0 Å². The highest BCUT2D eigenvalue weighted by Crippen LogP contribution is 2.51. The number of methoxy groups -OCH3 is 4. The Hall–Kier alpha value is -3.40. The van der Waals surface area contributed by atoms with Crippen LogP contribution in [0.3, 0.4) is 0 Å². The lowest BCUT2D eigenvalue weighted by Crippen LogP contribution is -1.94. The van der Waals surface area contributed by atoms with E-state index in [9.17, 15) is 0 Å². The Morgan fingerprint density at radius 2 is 0.956 bits per heavy atom. The summed E-state index contributed by atoms with van der Waals surface area (Å²) in [5.41, 5.74) is 4.27. The molecule has 3 aromatic heterocycles. The van der Waals surface area contributed by atoms with Crippen LogP contribution in [-0.4, -0.2) is 28.4 Å². The van der Waals surface area contributed by atoms with Crippen molar-refractivity contribution in [3.8, 4) is 63.4 Å². The lowest BCUT2D eigenvalue weighted by Gasteiger charge is -2.13. The number of hydrogen-bond donors (Lipinski definition) is 0. The van der Waals surface area contributed by atoms with Gasteiger partial charge in [-0.1, -0.05) is 26.2 Å². The van der Waals surface area contributed by atoms with E-state index in [4.69, 9.17) is 18.9 Å². The molecule has 0 unspecified atom stereocenters. The molecule has 0 atom stereocenters. The maximum atomic E-state index is 15.8. The van der Waals surface area contributed by atoms with Crippen LogP contribution in [0, 0.1) is 25.5 Å². The molecule has 0 spiro atoms. The number of hydrogen-bond acceptors (Lipinski definition) is 7. The predicted molar refractivity (Wildman–Crippen MR) is 185 cm³/mol. The smallest absolute Gasteiger partial charge is 0.142 e. The molecule has 2 aromatic carbocycles. The summed E-state index contributed by atoms with van der Waals surface area (Å²) in [6.07, 6.45) is 5.31. The van der Waals surface area contributed by atoms with E-state index in [0.717, 1.165) is 68.3 Å². The van der Waals surface area contributed by atoms with Crippen molar-refractivity contribution < 1.29 is 27.7 Å². The summed E-state index contributed by atoms with van der Waals surface area (Å²) in [5.74, 6) is 1.59. The van der Waals surface area contributed by atoms with Crippen molar-refractivity contribution in [3.63, 3.8) is 0 Å². The van der Waals surface area contributed by atoms with Gasteiger partial charge in [-0.3, -0.25) is 0 Å². The van der Waals surface area contributed by atoms with Gasteiger partial charge in [0.25, 0.3) is 0 Å². The van der Waals surface area contributed by atoms with Crippen molar-refractivity contribution in [2.75, 3.05) is 28.4 Å². The van der Waals surface area contributed by atoms with Gasteiger partial charge in [-0.05, 0) is 85.8 Å². The first-order chi connectivity index (χ1) is 21.7. The molecule has 0 bridgehead atoms. The minimum atomic E-state index is -0.335. The fourth-order valence-corrected chi connectivity index (χ4v) is 9.13. The minimum absolute atomic E-state index is 0.328. The van der Waals surface area contributed by atoms with Crippen molar-refractivity contribution in [3.05, 3.63) is 70.8 Å². The van der Waals surface area contributed by atoms with Gasteiger partial charge in [0.1, 0.15) is 34.6 Å². The van der Waals surface area contributed by atoms with Crippen molar-refractivity contribution >= 4 is 34.0 Å². The third-order valence-electron chi connectivity index (χ3n) is 7.70. The van der Waals surface area contributed by atoms with E-state index >= 15 is 8.78 Å². The predicted octanol–water partition coefficient (Wildman–Crippen LogP) is 11.6. The normalized spacial score (nSPS) is 11.2. The molecule has 0 aliphatic rings. The molecule has 0 fully saturated rings. The molecular weight excluding hydrogens is 631 g/mol. The van der Waals surface area contributed by atoms with Gasteiger partial charge in [-0.25, -0.2) is 8.78 Å². The molecule has 5 rings (SSSR count). The summed E-state index contributed by atoms with van der Waals surface area (Å²) in [6.45, 7) is 6.09. The SMILES string of the molecule is CCCCCCc1cc(-c2cc(F)c(-c3c(OC)cc(C)cc3OC)s2)sc1-c1cc(F)c(-c2c(OC)cc(C)cc2OC)s1. The van der Waals surface area contributed by atoms with E-state index in [-0.39, 0.29) is 11.6 Å². The zero-order chi connectivity index (χ0) is 32.2. The Balaban J connectivity index is 1.61. The van der Waals surface area contributed by atoms with Crippen LogP contribution in [0.4, 0.5) is 8.78 Å². The first kappa shape index (κ1) is 33.0. The Morgan fingerprint density at radius 1 is 0.533 bits per heavy atom. The Labute approximate surface area is 276 Å². The summed E-state index contributed by atoms with van der Waals surface area (Å²) in [7, 11) is 6.33. The quantitative estimate of drug-likeness (QED) is 0.117. The summed E-state index contributed by atoms with van der Waals surface area (Å²) in [6, 6.07) is 12.9. The fourth-order valence-electron chi connectivity index (χ4n) is 5.53. The van der Waals surface area contributed by atoms with E-state index in [2.05, 4.69) is 13.0 Å². The highest BCUT2D eigenvalue weighted by molar-refractivity contribution is 7.28. The second-order valence-corrected chi connectivity index (χ2v) is 14.1. The van der Waals surface area contributed by atoms with Crippen LogP contribution in [-0.2, 0) is 6.42 Å². The van der Waals surface area contributed by atoms with Crippen molar-refractivity contribution in [2.45, 2.75) is 52.9 Å². The van der Waals surface area contributed by atoms with Crippen molar-refractivity contribution in [1.82, 2.24) is 0 Å². The molecule has 0 saturated heterocycles. The van der Waals surface area contributed by atoms with Gasteiger partial charge in [-0.2, -0.15) is 0 Å². The van der Waals surface area contributed by atoms with Crippen molar-refractivity contribution in [1.29, 1.82) is 0 Å². The fraction of sp³-hybridized carbons (Fsp3) is 0.333. The van der Waals surface area contributed by atoms with Gasteiger partial charge >= 0.3 is 0 Å². The first-order valence-electron chi connectivity index (χ1n) is 14.9. The van der Waals surface area contributed by atoms with Crippen molar-refractivity contribution in [2.24, 2.45) is 0 Å². The molecule has 45 heavy (non-hydrogen) atoms. The third kappa shape index (κ3) is 6.76. The van der Waals surface area contributed by atoms with Gasteiger partial charge in [0, 0.05) is 19.5 Å². The number of unbranched alkanes of at least 4 members (excludes halogenated alkanes) is 3. The first-order valence-corrected chi connectivity index (χ1v) is 17.4. The maximum Gasteiger partial charge on any atom is 0.142 e. The molecule has 4 nitrogen and oxygen atoms in total. The Kier molecular flexibility index (Phi) is 10.5. The molecule has 0 saturated carbocycles. The molecule has 0 aliphatic heterocycles. The number of aryl methyl sites for hydroxylation is 3. The molecule has 0 amide bonds.